The molecule has 216 valence electrons. The van der Waals surface area contributed by atoms with Gasteiger partial charge in [0.2, 0.25) is 0 Å². The standard InChI is InChI=1S/C39H34N4O/c40-38(30-17-8-3-9-18-30)43-39(41-27-28-13-4-1-5-14-28)32-19-12-20-33(25-32)42-36-26-31(35-21-10-11-22-37(35)44)23-24-34(36)29-15-6-2-7-16-29/h1-27,38-39,42-44H,40H2/b41-27+. The third-order valence-corrected chi connectivity index (χ3v) is 7.47. The van der Waals surface area contributed by atoms with Crippen molar-refractivity contribution in [1.29, 1.82) is 0 Å². The molecule has 0 radical (unpaired) electrons. The topological polar surface area (TPSA) is 82.7 Å². The average Bonchev–Trinajstić information content (AvgIpc) is 3.08. The van der Waals surface area contributed by atoms with Crippen molar-refractivity contribution in [2.24, 2.45) is 10.7 Å². The fraction of sp³-hybridized carbons (Fsp3) is 0.0513. The number of hydrogen-bond donors (Lipinski definition) is 4. The first-order chi connectivity index (χ1) is 21.6. The van der Waals surface area contributed by atoms with Crippen molar-refractivity contribution >= 4 is 17.6 Å². The molecule has 0 saturated heterocycles. The summed E-state index contributed by atoms with van der Waals surface area (Å²) >= 11 is 0. The van der Waals surface area contributed by atoms with E-state index in [1.807, 2.05) is 121 Å². The number of phenolic OH excluding ortho intramolecular Hbond substituents is 1. The Bertz CT molecular complexity index is 1840. The molecule has 0 spiro atoms. The summed E-state index contributed by atoms with van der Waals surface area (Å²) in [7, 11) is 0. The molecular weight excluding hydrogens is 540 g/mol. The minimum absolute atomic E-state index is 0.243. The smallest absolute Gasteiger partial charge is 0.127 e. The molecule has 2 atom stereocenters. The van der Waals surface area contributed by atoms with Crippen molar-refractivity contribution in [3.05, 3.63) is 174 Å². The van der Waals surface area contributed by atoms with Gasteiger partial charge >= 0.3 is 0 Å². The second kappa shape index (κ2) is 13.7. The summed E-state index contributed by atoms with van der Waals surface area (Å²) in [6.07, 6.45) is 1.07. The summed E-state index contributed by atoms with van der Waals surface area (Å²) in [6, 6.07) is 52.1. The number of anilines is 2. The van der Waals surface area contributed by atoms with E-state index in [1.54, 1.807) is 6.07 Å². The molecule has 5 heteroatoms. The van der Waals surface area contributed by atoms with E-state index in [1.165, 1.54) is 0 Å². The third-order valence-electron chi connectivity index (χ3n) is 7.47. The maximum absolute atomic E-state index is 10.6. The predicted molar refractivity (Wildman–Crippen MR) is 182 cm³/mol. The highest BCUT2D eigenvalue weighted by Gasteiger charge is 2.16. The number of hydrogen-bond acceptors (Lipinski definition) is 5. The van der Waals surface area contributed by atoms with Gasteiger partial charge in [0, 0.05) is 28.7 Å². The van der Waals surface area contributed by atoms with Gasteiger partial charge in [0.25, 0.3) is 0 Å². The second-order valence-corrected chi connectivity index (χ2v) is 10.5. The number of phenols is 1. The molecule has 0 aliphatic rings. The van der Waals surface area contributed by atoms with Crippen LogP contribution in [-0.4, -0.2) is 11.3 Å². The molecule has 6 aromatic rings. The van der Waals surface area contributed by atoms with E-state index in [2.05, 4.69) is 47.0 Å². The van der Waals surface area contributed by atoms with Crippen LogP contribution in [0.25, 0.3) is 22.3 Å². The molecule has 6 rings (SSSR count). The van der Waals surface area contributed by atoms with Gasteiger partial charge in [-0.15, -0.1) is 0 Å². The maximum atomic E-state index is 10.6. The maximum Gasteiger partial charge on any atom is 0.127 e. The lowest BCUT2D eigenvalue weighted by atomic mass is 9.97. The fourth-order valence-corrected chi connectivity index (χ4v) is 5.20. The molecule has 0 heterocycles. The van der Waals surface area contributed by atoms with E-state index in [-0.39, 0.29) is 5.75 Å². The van der Waals surface area contributed by atoms with Gasteiger partial charge in [-0.3, -0.25) is 10.3 Å². The van der Waals surface area contributed by atoms with Crippen molar-refractivity contribution in [1.82, 2.24) is 5.32 Å². The molecule has 0 amide bonds. The molecule has 0 aliphatic carbocycles. The number of nitrogens with zero attached hydrogens (tertiary/aromatic N) is 1. The number of aliphatic imine (C=N–C) groups is 1. The highest BCUT2D eigenvalue weighted by molar-refractivity contribution is 5.86. The molecular formula is C39H34N4O. The van der Waals surface area contributed by atoms with Crippen molar-refractivity contribution in [2.75, 3.05) is 5.32 Å². The minimum atomic E-state index is -0.411. The zero-order valence-corrected chi connectivity index (χ0v) is 24.2. The Labute approximate surface area is 258 Å². The lowest BCUT2D eigenvalue weighted by molar-refractivity contribution is 0.467. The Kier molecular flexibility index (Phi) is 8.88. The molecule has 2 unspecified atom stereocenters. The molecule has 0 bridgehead atoms. The summed E-state index contributed by atoms with van der Waals surface area (Å²) in [5.41, 5.74) is 15.2. The predicted octanol–water partition coefficient (Wildman–Crippen LogP) is 8.83. The quantitative estimate of drug-likeness (QED) is 0.0973. The number of rotatable bonds is 10. The molecule has 0 fully saturated rings. The van der Waals surface area contributed by atoms with Crippen LogP contribution in [0.3, 0.4) is 0 Å². The Morgan fingerprint density at radius 3 is 2.00 bits per heavy atom. The Morgan fingerprint density at radius 1 is 0.591 bits per heavy atom. The summed E-state index contributed by atoms with van der Waals surface area (Å²) in [4.78, 5) is 4.93. The molecule has 6 aromatic carbocycles. The number of nitrogens with one attached hydrogen (secondary N) is 2. The Hall–Kier alpha value is -5.49. The van der Waals surface area contributed by atoms with E-state index in [4.69, 9.17) is 10.7 Å². The molecule has 5 N–H and O–H groups in total. The monoisotopic (exact) mass is 574 g/mol. The number of benzene rings is 6. The summed E-state index contributed by atoms with van der Waals surface area (Å²) in [6.45, 7) is 0. The van der Waals surface area contributed by atoms with Crippen LogP contribution in [0.5, 0.6) is 5.75 Å². The van der Waals surface area contributed by atoms with Gasteiger partial charge in [-0.2, -0.15) is 0 Å². The summed E-state index contributed by atoms with van der Waals surface area (Å²) < 4.78 is 0. The molecule has 5 nitrogen and oxygen atoms in total. The lowest BCUT2D eigenvalue weighted by Crippen LogP contribution is -2.31. The van der Waals surface area contributed by atoms with Crippen molar-refractivity contribution in [3.63, 3.8) is 0 Å². The van der Waals surface area contributed by atoms with Crippen LogP contribution in [0, 0.1) is 0 Å². The van der Waals surface area contributed by atoms with Crippen LogP contribution < -0.4 is 16.4 Å². The highest BCUT2D eigenvalue weighted by atomic mass is 16.3. The van der Waals surface area contributed by atoms with Gasteiger partial charge in [0.15, 0.2) is 0 Å². The van der Waals surface area contributed by atoms with Crippen LogP contribution in [0.4, 0.5) is 11.4 Å². The normalized spacial score (nSPS) is 12.6. The van der Waals surface area contributed by atoms with Gasteiger partial charge in [0.05, 0.1) is 6.17 Å². The van der Waals surface area contributed by atoms with E-state index in [0.717, 1.165) is 50.3 Å². The van der Waals surface area contributed by atoms with Crippen molar-refractivity contribution < 1.29 is 5.11 Å². The van der Waals surface area contributed by atoms with Crippen LogP contribution in [0.2, 0.25) is 0 Å². The zero-order chi connectivity index (χ0) is 30.1. The molecule has 0 aliphatic heterocycles. The number of aromatic hydroxyl groups is 1. The lowest BCUT2D eigenvalue weighted by Gasteiger charge is -2.22. The molecule has 0 saturated carbocycles. The fourth-order valence-electron chi connectivity index (χ4n) is 5.20. The van der Waals surface area contributed by atoms with Gasteiger partial charge in [-0.1, -0.05) is 133 Å². The largest absolute Gasteiger partial charge is 0.507 e. The molecule has 0 aromatic heterocycles. The van der Waals surface area contributed by atoms with Crippen LogP contribution in [-0.2, 0) is 0 Å². The first-order valence-electron chi connectivity index (χ1n) is 14.6. The number of nitrogens with two attached hydrogens (primary N) is 1. The minimum Gasteiger partial charge on any atom is -0.507 e. The average molecular weight is 575 g/mol. The summed E-state index contributed by atoms with van der Waals surface area (Å²) in [5, 5.41) is 17.7. The SMILES string of the molecule is NC(NC(/N=C/c1ccccc1)c1cccc(Nc2cc(-c3ccccc3O)ccc2-c2ccccc2)c1)c1ccccc1. The number of para-hydroxylation sites is 1. The first kappa shape index (κ1) is 28.6. The molecule has 44 heavy (non-hydrogen) atoms. The van der Waals surface area contributed by atoms with Gasteiger partial charge in [-0.05, 0) is 52.1 Å². The third kappa shape index (κ3) is 6.93. The van der Waals surface area contributed by atoms with Gasteiger partial charge < -0.3 is 16.2 Å². The van der Waals surface area contributed by atoms with Crippen LogP contribution >= 0.6 is 0 Å². The second-order valence-electron chi connectivity index (χ2n) is 10.5. The first-order valence-corrected chi connectivity index (χ1v) is 14.6. The van der Waals surface area contributed by atoms with E-state index >= 15 is 0 Å². The van der Waals surface area contributed by atoms with E-state index in [9.17, 15) is 5.11 Å². The Balaban J connectivity index is 1.36. The van der Waals surface area contributed by atoms with Gasteiger partial charge in [-0.25, -0.2) is 0 Å². The highest BCUT2D eigenvalue weighted by Crippen LogP contribution is 2.37. The summed E-state index contributed by atoms with van der Waals surface area (Å²) in [5.74, 6) is 0.243. The Morgan fingerprint density at radius 2 is 1.25 bits per heavy atom. The van der Waals surface area contributed by atoms with E-state index < -0.39 is 12.3 Å². The van der Waals surface area contributed by atoms with E-state index in [0.29, 0.717) is 0 Å². The van der Waals surface area contributed by atoms with Crippen LogP contribution in [0.1, 0.15) is 29.0 Å². The van der Waals surface area contributed by atoms with Crippen LogP contribution in [0.15, 0.2) is 163 Å². The van der Waals surface area contributed by atoms with Crippen molar-refractivity contribution in [2.45, 2.75) is 12.3 Å². The van der Waals surface area contributed by atoms with Crippen molar-refractivity contribution in [3.8, 4) is 28.0 Å². The van der Waals surface area contributed by atoms with Gasteiger partial charge in [0.1, 0.15) is 11.9 Å². The zero-order valence-electron chi connectivity index (χ0n) is 24.2.